The van der Waals surface area contributed by atoms with Crippen molar-refractivity contribution in [3.05, 3.63) is 200 Å². The average Bonchev–Trinajstić information content (AvgIpc) is 3.67. The number of nitrogens with zero attached hydrogens (tertiary/aromatic N) is 3. The van der Waals surface area contributed by atoms with Crippen LogP contribution in [0, 0.1) is 0 Å². The largest absolute Gasteiger partial charge is 0.456 e. The van der Waals surface area contributed by atoms with Crippen LogP contribution in [0.25, 0.3) is 111 Å². The molecule has 266 valence electrons. The van der Waals surface area contributed by atoms with Crippen LogP contribution in [0.4, 0.5) is 0 Å². The summed E-state index contributed by atoms with van der Waals surface area (Å²) in [5.74, 6) is 1.81. The maximum atomic E-state index is 6.64. The molecule has 0 N–H and O–H groups in total. The summed E-state index contributed by atoms with van der Waals surface area (Å²) >= 11 is 0. The zero-order valence-electron chi connectivity index (χ0n) is 30.8. The molecule has 0 saturated carbocycles. The Kier molecular flexibility index (Phi) is 7.78. The maximum absolute atomic E-state index is 6.64. The summed E-state index contributed by atoms with van der Waals surface area (Å²) in [4.78, 5) is 15.4. The fraction of sp³-hybridized carbons (Fsp3) is 0. The first-order valence-electron chi connectivity index (χ1n) is 19.2. The molecule has 0 bridgehead atoms. The van der Waals surface area contributed by atoms with Gasteiger partial charge in [-0.1, -0.05) is 164 Å². The summed E-state index contributed by atoms with van der Waals surface area (Å²) in [7, 11) is 0. The lowest BCUT2D eigenvalue weighted by Crippen LogP contribution is -2.00. The molecule has 0 unspecified atom stereocenters. The molecule has 11 aromatic rings. The molecule has 0 aliphatic rings. The molecule has 0 fully saturated rings. The average molecular weight is 728 g/mol. The standard InChI is InChI=1S/C53H33N3O/c1-3-14-34(15-4-1)36-19-11-20-37(30-36)38-21-12-22-41(31-38)52-54-51(35-16-5-2-6-17-35)55-53(56-52)46-26-13-27-48-50(46)45-29-28-40(33-49(45)57-48)47-32-39-18-7-8-23-42(39)43-24-9-10-25-44(43)47/h1-33H. The van der Waals surface area contributed by atoms with E-state index in [1.807, 2.05) is 48.5 Å². The lowest BCUT2D eigenvalue weighted by Gasteiger charge is -2.11. The summed E-state index contributed by atoms with van der Waals surface area (Å²) in [6, 6.07) is 69.9. The highest BCUT2D eigenvalue weighted by Gasteiger charge is 2.19. The van der Waals surface area contributed by atoms with Crippen LogP contribution < -0.4 is 0 Å². The van der Waals surface area contributed by atoms with Crippen LogP contribution in [-0.4, -0.2) is 15.0 Å². The third-order valence-electron chi connectivity index (χ3n) is 10.9. The molecular weight excluding hydrogens is 695 g/mol. The van der Waals surface area contributed by atoms with Gasteiger partial charge in [-0.05, 0) is 91.3 Å². The van der Waals surface area contributed by atoms with Crippen molar-refractivity contribution in [2.24, 2.45) is 0 Å². The van der Waals surface area contributed by atoms with E-state index < -0.39 is 0 Å². The van der Waals surface area contributed by atoms with E-state index in [1.165, 1.54) is 38.2 Å². The highest BCUT2D eigenvalue weighted by molar-refractivity contribution is 6.16. The molecule has 0 radical (unpaired) electrons. The predicted molar refractivity (Wildman–Crippen MR) is 235 cm³/mol. The van der Waals surface area contributed by atoms with E-state index in [2.05, 4.69) is 152 Å². The summed E-state index contributed by atoms with van der Waals surface area (Å²) < 4.78 is 6.64. The van der Waals surface area contributed by atoms with Gasteiger partial charge in [-0.3, -0.25) is 0 Å². The van der Waals surface area contributed by atoms with Crippen molar-refractivity contribution in [1.82, 2.24) is 15.0 Å². The highest BCUT2D eigenvalue weighted by Crippen LogP contribution is 2.41. The normalized spacial score (nSPS) is 11.5. The fourth-order valence-corrected chi connectivity index (χ4v) is 8.16. The molecule has 0 spiro atoms. The second-order valence-electron chi connectivity index (χ2n) is 14.4. The highest BCUT2D eigenvalue weighted by atomic mass is 16.3. The van der Waals surface area contributed by atoms with Gasteiger partial charge in [-0.25, -0.2) is 15.0 Å². The van der Waals surface area contributed by atoms with Crippen molar-refractivity contribution in [3.63, 3.8) is 0 Å². The molecule has 2 aromatic heterocycles. The molecule has 11 rings (SSSR count). The van der Waals surface area contributed by atoms with Crippen LogP contribution in [0.1, 0.15) is 0 Å². The number of fused-ring (bicyclic) bond motifs is 6. The molecule has 0 aliphatic heterocycles. The number of rotatable bonds is 6. The minimum absolute atomic E-state index is 0.591. The topological polar surface area (TPSA) is 51.8 Å². The van der Waals surface area contributed by atoms with Crippen molar-refractivity contribution in [3.8, 4) is 67.5 Å². The first-order valence-corrected chi connectivity index (χ1v) is 19.2. The van der Waals surface area contributed by atoms with Gasteiger partial charge < -0.3 is 4.42 Å². The molecular formula is C53H33N3O. The molecule has 0 aliphatic carbocycles. The van der Waals surface area contributed by atoms with E-state index in [9.17, 15) is 0 Å². The van der Waals surface area contributed by atoms with Crippen LogP contribution in [0.5, 0.6) is 0 Å². The molecule has 4 nitrogen and oxygen atoms in total. The quantitative estimate of drug-likeness (QED) is 0.160. The Morgan fingerprint density at radius 1 is 0.281 bits per heavy atom. The third kappa shape index (κ3) is 5.83. The first-order chi connectivity index (χ1) is 28.2. The van der Waals surface area contributed by atoms with E-state index in [-0.39, 0.29) is 0 Å². The van der Waals surface area contributed by atoms with Crippen LogP contribution in [0.2, 0.25) is 0 Å². The Bertz CT molecular complexity index is 3300. The minimum Gasteiger partial charge on any atom is -0.456 e. The Labute approximate surface area is 329 Å². The Morgan fingerprint density at radius 3 is 1.61 bits per heavy atom. The SMILES string of the molecule is c1ccc(-c2cccc(-c3cccc(-c4nc(-c5ccccc5)nc(-c5cccc6oc7cc(-c8cc9ccccc9c9ccccc89)ccc7c56)n4)c3)c2)cc1. The lowest BCUT2D eigenvalue weighted by molar-refractivity contribution is 0.669. The van der Waals surface area contributed by atoms with Gasteiger partial charge in [0.15, 0.2) is 17.5 Å². The number of aromatic nitrogens is 3. The van der Waals surface area contributed by atoms with Crippen LogP contribution in [-0.2, 0) is 0 Å². The van der Waals surface area contributed by atoms with E-state index in [0.717, 1.165) is 55.3 Å². The number of hydrogen-bond acceptors (Lipinski definition) is 4. The third-order valence-corrected chi connectivity index (χ3v) is 10.9. The van der Waals surface area contributed by atoms with Crippen LogP contribution >= 0.6 is 0 Å². The molecule has 57 heavy (non-hydrogen) atoms. The van der Waals surface area contributed by atoms with Gasteiger partial charge in [0, 0.05) is 27.5 Å². The maximum Gasteiger partial charge on any atom is 0.164 e. The van der Waals surface area contributed by atoms with Gasteiger partial charge in [-0.2, -0.15) is 0 Å². The Morgan fingerprint density at radius 2 is 0.842 bits per heavy atom. The van der Waals surface area contributed by atoms with Crippen molar-refractivity contribution in [2.45, 2.75) is 0 Å². The van der Waals surface area contributed by atoms with Gasteiger partial charge in [0.2, 0.25) is 0 Å². The van der Waals surface area contributed by atoms with Crippen LogP contribution in [0.3, 0.4) is 0 Å². The van der Waals surface area contributed by atoms with Crippen LogP contribution in [0.15, 0.2) is 205 Å². The summed E-state index contributed by atoms with van der Waals surface area (Å²) in [5, 5.41) is 6.91. The predicted octanol–water partition coefficient (Wildman–Crippen LogP) is 14.1. The Hall–Kier alpha value is -7.69. The first kappa shape index (κ1) is 32.7. The summed E-state index contributed by atoms with van der Waals surface area (Å²) in [6.07, 6.45) is 0. The van der Waals surface area contributed by atoms with E-state index >= 15 is 0 Å². The fourth-order valence-electron chi connectivity index (χ4n) is 8.16. The second-order valence-corrected chi connectivity index (χ2v) is 14.4. The molecule has 0 amide bonds. The molecule has 4 heteroatoms. The summed E-state index contributed by atoms with van der Waals surface area (Å²) in [6.45, 7) is 0. The van der Waals surface area contributed by atoms with Gasteiger partial charge in [0.05, 0.1) is 0 Å². The van der Waals surface area contributed by atoms with Crippen molar-refractivity contribution < 1.29 is 4.42 Å². The molecule has 0 saturated heterocycles. The minimum atomic E-state index is 0.591. The summed E-state index contributed by atoms with van der Waals surface area (Å²) in [5.41, 5.74) is 11.2. The monoisotopic (exact) mass is 727 g/mol. The lowest BCUT2D eigenvalue weighted by atomic mass is 9.93. The van der Waals surface area contributed by atoms with Gasteiger partial charge >= 0.3 is 0 Å². The van der Waals surface area contributed by atoms with E-state index in [1.54, 1.807) is 0 Å². The van der Waals surface area contributed by atoms with Crippen molar-refractivity contribution in [2.75, 3.05) is 0 Å². The zero-order valence-corrected chi connectivity index (χ0v) is 30.8. The number of benzene rings is 9. The number of hydrogen-bond donors (Lipinski definition) is 0. The van der Waals surface area contributed by atoms with Gasteiger partial charge in [0.25, 0.3) is 0 Å². The van der Waals surface area contributed by atoms with E-state index in [4.69, 9.17) is 19.4 Å². The smallest absolute Gasteiger partial charge is 0.164 e. The Balaban J connectivity index is 1.05. The van der Waals surface area contributed by atoms with Gasteiger partial charge in [0.1, 0.15) is 11.2 Å². The molecule has 0 atom stereocenters. The second kappa shape index (κ2) is 13.6. The molecule has 9 aromatic carbocycles. The zero-order chi connectivity index (χ0) is 37.7. The van der Waals surface area contributed by atoms with E-state index in [0.29, 0.717) is 17.5 Å². The molecule has 2 heterocycles. The van der Waals surface area contributed by atoms with Gasteiger partial charge in [-0.15, -0.1) is 0 Å². The van der Waals surface area contributed by atoms with Crippen molar-refractivity contribution in [1.29, 1.82) is 0 Å². The van der Waals surface area contributed by atoms with Crippen molar-refractivity contribution >= 4 is 43.5 Å². The number of furan rings is 1.